The van der Waals surface area contributed by atoms with Gasteiger partial charge in [0.2, 0.25) is 0 Å². The van der Waals surface area contributed by atoms with Gasteiger partial charge in [0.25, 0.3) is 0 Å². The average molecular weight is 477 g/mol. The van der Waals surface area contributed by atoms with Crippen LogP contribution >= 0.6 is 0 Å². The van der Waals surface area contributed by atoms with Crippen molar-refractivity contribution in [2.45, 2.75) is 116 Å². The van der Waals surface area contributed by atoms with Crippen molar-refractivity contribution in [3.63, 3.8) is 0 Å². The molecule has 0 N–H and O–H groups in total. The SMILES string of the molecule is COCO[C@@H]([C@H](C=O)OCOC)[C@H](CCCCCCCCCCCCCC(C)C)OCOC. The van der Waals surface area contributed by atoms with Crippen LogP contribution < -0.4 is 0 Å². The first-order valence-electron chi connectivity index (χ1n) is 12.9. The molecule has 33 heavy (non-hydrogen) atoms. The van der Waals surface area contributed by atoms with E-state index >= 15 is 0 Å². The highest BCUT2D eigenvalue weighted by molar-refractivity contribution is 5.57. The highest BCUT2D eigenvalue weighted by Gasteiger charge is 2.32. The van der Waals surface area contributed by atoms with Crippen molar-refractivity contribution in [3.05, 3.63) is 0 Å². The van der Waals surface area contributed by atoms with E-state index in [1.54, 1.807) is 14.2 Å². The molecule has 7 nitrogen and oxygen atoms in total. The van der Waals surface area contributed by atoms with Crippen LogP contribution in [0.5, 0.6) is 0 Å². The molecule has 0 rings (SSSR count). The number of unbranched alkanes of at least 4 members (excludes halogenated alkanes) is 10. The van der Waals surface area contributed by atoms with Crippen molar-refractivity contribution < 1.29 is 33.2 Å². The molecule has 0 bridgehead atoms. The third-order valence-corrected chi connectivity index (χ3v) is 5.75. The van der Waals surface area contributed by atoms with Crippen molar-refractivity contribution in [1.82, 2.24) is 0 Å². The molecule has 0 aliphatic carbocycles. The van der Waals surface area contributed by atoms with E-state index < -0.39 is 12.2 Å². The molecule has 0 radical (unpaired) electrons. The van der Waals surface area contributed by atoms with Gasteiger partial charge in [-0.3, -0.25) is 0 Å². The monoisotopic (exact) mass is 476 g/mol. The Bertz CT molecular complexity index is 406. The number of hydrogen-bond acceptors (Lipinski definition) is 7. The second-order valence-electron chi connectivity index (χ2n) is 9.18. The Morgan fingerprint density at radius 3 is 1.45 bits per heavy atom. The molecule has 0 saturated heterocycles. The number of methoxy groups -OCH3 is 3. The normalized spacial score (nSPS) is 14.5. The quantitative estimate of drug-likeness (QED) is 0.0877. The molecule has 0 unspecified atom stereocenters. The lowest BCUT2D eigenvalue weighted by Crippen LogP contribution is -2.44. The highest BCUT2D eigenvalue weighted by Crippen LogP contribution is 2.19. The van der Waals surface area contributed by atoms with Crippen molar-refractivity contribution in [1.29, 1.82) is 0 Å². The largest absolute Gasteiger partial charge is 0.359 e. The number of hydrogen-bond donors (Lipinski definition) is 0. The molecule has 3 atom stereocenters. The Balaban J connectivity index is 4.17. The summed E-state index contributed by atoms with van der Waals surface area (Å²) in [6.45, 7) is 4.80. The summed E-state index contributed by atoms with van der Waals surface area (Å²) in [6.07, 6.45) is 15.3. The van der Waals surface area contributed by atoms with Gasteiger partial charge < -0.3 is 33.2 Å². The number of ether oxygens (including phenoxy) is 6. The fourth-order valence-electron chi connectivity index (χ4n) is 3.91. The van der Waals surface area contributed by atoms with Gasteiger partial charge in [-0.2, -0.15) is 0 Å². The second-order valence-corrected chi connectivity index (χ2v) is 9.18. The Morgan fingerprint density at radius 2 is 1.00 bits per heavy atom. The van der Waals surface area contributed by atoms with E-state index in [1.165, 1.54) is 71.3 Å². The van der Waals surface area contributed by atoms with Gasteiger partial charge in [-0.1, -0.05) is 90.9 Å². The van der Waals surface area contributed by atoms with Gasteiger partial charge in [-0.25, -0.2) is 0 Å². The van der Waals surface area contributed by atoms with Gasteiger partial charge in [0.1, 0.15) is 32.6 Å². The molecule has 0 fully saturated rings. The van der Waals surface area contributed by atoms with Gasteiger partial charge in [-0.15, -0.1) is 0 Å². The predicted molar refractivity (Wildman–Crippen MR) is 131 cm³/mol. The summed E-state index contributed by atoms with van der Waals surface area (Å²) < 4.78 is 32.2. The van der Waals surface area contributed by atoms with E-state index in [0.717, 1.165) is 31.5 Å². The zero-order chi connectivity index (χ0) is 24.6. The van der Waals surface area contributed by atoms with Crippen LogP contribution in [0.3, 0.4) is 0 Å². The molecule has 0 saturated carbocycles. The van der Waals surface area contributed by atoms with Crippen LogP contribution in [-0.4, -0.2) is 66.3 Å². The molecule has 198 valence electrons. The summed E-state index contributed by atoms with van der Waals surface area (Å²) >= 11 is 0. The topological polar surface area (TPSA) is 72.5 Å². The summed E-state index contributed by atoms with van der Waals surface area (Å²) in [5, 5.41) is 0. The van der Waals surface area contributed by atoms with Gasteiger partial charge in [0.15, 0.2) is 6.29 Å². The van der Waals surface area contributed by atoms with Gasteiger partial charge in [0, 0.05) is 21.3 Å². The number of aldehydes is 1. The fourth-order valence-corrected chi connectivity index (χ4v) is 3.91. The average Bonchev–Trinajstić information content (AvgIpc) is 2.81. The molecule has 0 heterocycles. The molecule has 0 aromatic heterocycles. The molecule has 0 spiro atoms. The standard InChI is InChI=1S/C26H52O7/c1-23(2)17-15-13-11-9-7-6-8-10-12-14-16-18-24(31-20-28-3)26(33-22-30-5)25(19-27)32-21-29-4/h19,23-26H,6-18,20-22H2,1-5H3/t24-,25-,26+/m0/s1. The maximum absolute atomic E-state index is 11.6. The zero-order valence-corrected chi connectivity index (χ0v) is 22.1. The lowest BCUT2D eigenvalue weighted by Gasteiger charge is -2.30. The van der Waals surface area contributed by atoms with Crippen LogP contribution in [0, 0.1) is 5.92 Å². The number of carbonyl (C=O) groups is 1. The zero-order valence-electron chi connectivity index (χ0n) is 22.1. The number of rotatable bonds is 26. The third-order valence-electron chi connectivity index (χ3n) is 5.75. The van der Waals surface area contributed by atoms with Gasteiger partial charge in [0.05, 0.1) is 6.10 Å². The van der Waals surface area contributed by atoms with E-state index in [2.05, 4.69) is 13.8 Å². The van der Waals surface area contributed by atoms with Crippen molar-refractivity contribution >= 4 is 6.29 Å². The van der Waals surface area contributed by atoms with Crippen LogP contribution in [0.25, 0.3) is 0 Å². The minimum atomic E-state index is -0.799. The third kappa shape index (κ3) is 19.4. The van der Waals surface area contributed by atoms with Crippen LogP contribution in [-0.2, 0) is 33.2 Å². The molecule has 0 aliphatic rings. The van der Waals surface area contributed by atoms with E-state index in [0.29, 0.717) is 0 Å². The molecule has 0 aromatic rings. The van der Waals surface area contributed by atoms with Crippen molar-refractivity contribution in [2.24, 2.45) is 5.92 Å². The summed E-state index contributed by atoms with van der Waals surface area (Å²) in [5.74, 6) is 0.839. The maximum atomic E-state index is 11.6. The molecular weight excluding hydrogens is 424 g/mol. The van der Waals surface area contributed by atoms with Crippen LogP contribution in [0.1, 0.15) is 97.3 Å². The minimum Gasteiger partial charge on any atom is -0.359 e. The Kier molecular flexibility index (Phi) is 24.1. The van der Waals surface area contributed by atoms with Gasteiger partial charge in [-0.05, 0) is 12.3 Å². The highest BCUT2D eigenvalue weighted by atomic mass is 16.7. The Labute approximate surface area is 203 Å². The molecule has 0 aliphatic heterocycles. The first-order chi connectivity index (χ1) is 16.1. The molecule has 7 heteroatoms. The lowest BCUT2D eigenvalue weighted by molar-refractivity contribution is -0.204. The smallest absolute Gasteiger partial charge is 0.151 e. The maximum Gasteiger partial charge on any atom is 0.151 e. The molecule has 0 aromatic carbocycles. The molecule has 0 amide bonds. The van der Waals surface area contributed by atoms with Crippen molar-refractivity contribution in [3.8, 4) is 0 Å². The Hall–Kier alpha value is -0.570. The van der Waals surface area contributed by atoms with Crippen LogP contribution in [0.4, 0.5) is 0 Å². The minimum absolute atomic E-state index is 0.00515. The Morgan fingerprint density at radius 1 is 0.576 bits per heavy atom. The predicted octanol–water partition coefficient (Wildman–Crippen LogP) is 5.88. The van der Waals surface area contributed by atoms with Crippen LogP contribution in [0.15, 0.2) is 0 Å². The molecular formula is C26H52O7. The van der Waals surface area contributed by atoms with E-state index in [4.69, 9.17) is 28.4 Å². The van der Waals surface area contributed by atoms with Crippen LogP contribution in [0.2, 0.25) is 0 Å². The van der Waals surface area contributed by atoms with E-state index in [1.807, 2.05) is 0 Å². The summed E-state index contributed by atoms with van der Waals surface area (Å²) in [5.41, 5.74) is 0. The van der Waals surface area contributed by atoms with E-state index in [9.17, 15) is 4.79 Å². The first-order valence-corrected chi connectivity index (χ1v) is 12.9. The lowest BCUT2D eigenvalue weighted by atomic mass is 10.00. The van der Waals surface area contributed by atoms with E-state index in [-0.39, 0.29) is 26.5 Å². The summed E-state index contributed by atoms with van der Waals surface area (Å²) in [6, 6.07) is 0. The van der Waals surface area contributed by atoms with Crippen molar-refractivity contribution in [2.75, 3.05) is 41.7 Å². The van der Waals surface area contributed by atoms with Gasteiger partial charge >= 0.3 is 0 Å². The summed E-state index contributed by atoms with van der Waals surface area (Å²) in [7, 11) is 4.63. The fraction of sp³-hybridized carbons (Fsp3) is 0.962. The summed E-state index contributed by atoms with van der Waals surface area (Å²) in [4.78, 5) is 11.6. The number of carbonyl (C=O) groups excluding carboxylic acids is 1. The second kappa shape index (κ2) is 24.6. The first kappa shape index (κ1) is 32.4.